The molecule has 140 valence electrons. The highest BCUT2D eigenvalue weighted by molar-refractivity contribution is 5.71. The van der Waals surface area contributed by atoms with Gasteiger partial charge in [-0.25, -0.2) is 4.98 Å². The monoisotopic (exact) mass is 362 g/mol. The topological polar surface area (TPSA) is 50.1 Å². The summed E-state index contributed by atoms with van der Waals surface area (Å²) in [4.78, 5) is 14.1. The van der Waals surface area contributed by atoms with Gasteiger partial charge in [0.25, 0.3) is 0 Å². The molecule has 3 heterocycles. The van der Waals surface area contributed by atoms with Gasteiger partial charge in [0.15, 0.2) is 5.82 Å². The lowest BCUT2D eigenvalue weighted by molar-refractivity contribution is 0.249. The number of aryl methyl sites for hydroxylation is 1. The van der Waals surface area contributed by atoms with Crippen LogP contribution in [0, 0.1) is 6.92 Å². The number of piperazine rings is 1. The van der Waals surface area contributed by atoms with Crippen LogP contribution in [0.15, 0.2) is 48.9 Å². The van der Waals surface area contributed by atoms with Gasteiger partial charge in [0, 0.05) is 68.5 Å². The highest BCUT2D eigenvalue weighted by atomic mass is 15.3. The molecule has 1 aromatic carbocycles. The van der Waals surface area contributed by atoms with Crippen molar-refractivity contribution in [2.45, 2.75) is 26.9 Å². The van der Waals surface area contributed by atoms with Crippen LogP contribution in [0.25, 0.3) is 11.3 Å². The standard InChI is InChI=1S/C21H26N6/c1-3-27-17(2)19(15-24-27)16-25-11-13-26(14-12-25)21-20(22-9-10-23-21)18-7-5-4-6-8-18/h4-10,15H,3,11-14,16H2,1-2H3. The van der Waals surface area contributed by atoms with Gasteiger partial charge in [0.05, 0.1) is 6.20 Å². The summed E-state index contributed by atoms with van der Waals surface area (Å²) in [6, 6.07) is 10.3. The van der Waals surface area contributed by atoms with Crippen molar-refractivity contribution in [2.75, 3.05) is 31.1 Å². The Bertz CT molecular complexity index is 881. The highest BCUT2D eigenvalue weighted by Crippen LogP contribution is 2.27. The maximum Gasteiger partial charge on any atom is 0.155 e. The number of hydrogen-bond acceptors (Lipinski definition) is 5. The van der Waals surface area contributed by atoms with E-state index in [0.717, 1.165) is 56.3 Å². The van der Waals surface area contributed by atoms with E-state index >= 15 is 0 Å². The summed E-state index contributed by atoms with van der Waals surface area (Å²) >= 11 is 0. The molecule has 0 spiro atoms. The third-order valence-electron chi connectivity index (χ3n) is 5.30. The normalized spacial score (nSPS) is 15.3. The van der Waals surface area contributed by atoms with E-state index in [1.807, 2.05) is 24.4 Å². The largest absolute Gasteiger partial charge is 0.352 e. The average molecular weight is 362 g/mol. The van der Waals surface area contributed by atoms with Crippen LogP contribution in [0.4, 0.5) is 5.82 Å². The van der Waals surface area contributed by atoms with E-state index in [1.54, 1.807) is 12.4 Å². The van der Waals surface area contributed by atoms with E-state index < -0.39 is 0 Å². The Hall–Kier alpha value is -2.73. The molecule has 3 aromatic rings. The number of benzene rings is 1. The van der Waals surface area contributed by atoms with Crippen molar-refractivity contribution in [3.63, 3.8) is 0 Å². The molecule has 0 aliphatic carbocycles. The van der Waals surface area contributed by atoms with E-state index in [-0.39, 0.29) is 0 Å². The number of aromatic nitrogens is 4. The van der Waals surface area contributed by atoms with Gasteiger partial charge in [-0.05, 0) is 13.8 Å². The van der Waals surface area contributed by atoms with Gasteiger partial charge >= 0.3 is 0 Å². The third kappa shape index (κ3) is 3.71. The zero-order chi connectivity index (χ0) is 18.6. The molecule has 6 heteroatoms. The van der Waals surface area contributed by atoms with Gasteiger partial charge in [-0.1, -0.05) is 30.3 Å². The van der Waals surface area contributed by atoms with Gasteiger partial charge in [0.2, 0.25) is 0 Å². The van der Waals surface area contributed by atoms with Crippen molar-refractivity contribution in [1.82, 2.24) is 24.6 Å². The van der Waals surface area contributed by atoms with Crippen molar-refractivity contribution in [1.29, 1.82) is 0 Å². The van der Waals surface area contributed by atoms with E-state index in [0.29, 0.717) is 0 Å². The minimum Gasteiger partial charge on any atom is -0.352 e. The van der Waals surface area contributed by atoms with Gasteiger partial charge in [0.1, 0.15) is 5.69 Å². The summed E-state index contributed by atoms with van der Waals surface area (Å²) in [5.74, 6) is 0.985. The predicted molar refractivity (Wildman–Crippen MR) is 108 cm³/mol. The minimum absolute atomic E-state index is 0.925. The fourth-order valence-electron chi connectivity index (χ4n) is 3.68. The van der Waals surface area contributed by atoms with E-state index in [2.05, 4.69) is 55.5 Å². The Balaban J connectivity index is 1.45. The minimum atomic E-state index is 0.925. The molecular formula is C21H26N6. The average Bonchev–Trinajstić information content (AvgIpc) is 3.09. The van der Waals surface area contributed by atoms with Gasteiger partial charge < -0.3 is 4.90 Å². The summed E-state index contributed by atoms with van der Waals surface area (Å²) in [6.07, 6.45) is 5.58. The first-order valence-electron chi connectivity index (χ1n) is 9.61. The second kappa shape index (κ2) is 7.88. The summed E-state index contributed by atoms with van der Waals surface area (Å²) in [6.45, 7) is 10.1. The molecule has 0 bridgehead atoms. The molecule has 2 aromatic heterocycles. The molecule has 0 unspecified atom stereocenters. The Morgan fingerprint density at radius 3 is 2.41 bits per heavy atom. The first-order valence-corrected chi connectivity index (χ1v) is 9.61. The van der Waals surface area contributed by atoms with Crippen LogP contribution in [0.2, 0.25) is 0 Å². The summed E-state index contributed by atoms with van der Waals surface area (Å²) in [7, 11) is 0. The van der Waals surface area contributed by atoms with Gasteiger partial charge in [-0.2, -0.15) is 5.10 Å². The number of hydrogen-bond donors (Lipinski definition) is 0. The molecule has 1 saturated heterocycles. The molecule has 0 radical (unpaired) electrons. The van der Waals surface area contributed by atoms with Gasteiger partial charge in [-0.15, -0.1) is 0 Å². The summed E-state index contributed by atoms with van der Waals surface area (Å²) in [5.41, 5.74) is 4.69. The molecule has 1 fully saturated rings. The maximum absolute atomic E-state index is 4.65. The zero-order valence-corrected chi connectivity index (χ0v) is 16.0. The molecular weight excluding hydrogens is 336 g/mol. The Kier molecular flexibility index (Phi) is 5.16. The molecule has 0 saturated carbocycles. The van der Waals surface area contributed by atoms with Crippen LogP contribution in [0.5, 0.6) is 0 Å². The molecule has 27 heavy (non-hydrogen) atoms. The van der Waals surface area contributed by atoms with Crippen LogP contribution in [0.3, 0.4) is 0 Å². The second-order valence-electron chi connectivity index (χ2n) is 6.93. The van der Waals surface area contributed by atoms with Crippen LogP contribution in [-0.2, 0) is 13.1 Å². The lowest BCUT2D eigenvalue weighted by Crippen LogP contribution is -2.46. The van der Waals surface area contributed by atoms with Crippen LogP contribution >= 0.6 is 0 Å². The Morgan fingerprint density at radius 1 is 0.963 bits per heavy atom. The predicted octanol–water partition coefficient (Wildman–Crippen LogP) is 2.99. The number of anilines is 1. The van der Waals surface area contributed by atoms with E-state index in [1.165, 1.54) is 11.3 Å². The lowest BCUT2D eigenvalue weighted by atomic mass is 10.1. The van der Waals surface area contributed by atoms with Crippen molar-refractivity contribution >= 4 is 5.82 Å². The van der Waals surface area contributed by atoms with Crippen LogP contribution in [-0.4, -0.2) is 50.8 Å². The van der Waals surface area contributed by atoms with Crippen molar-refractivity contribution in [3.05, 3.63) is 60.2 Å². The lowest BCUT2D eigenvalue weighted by Gasteiger charge is -2.35. The number of rotatable bonds is 5. The highest BCUT2D eigenvalue weighted by Gasteiger charge is 2.22. The van der Waals surface area contributed by atoms with E-state index in [9.17, 15) is 0 Å². The fraction of sp³-hybridized carbons (Fsp3) is 0.381. The third-order valence-corrected chi connectivity index (χ3v) is 5.30. The van der Waals surface area contributed by atoms with Crippen molar-refractivity contribution < 1.29 is 0 Å². The fourth-order valence-corrected chi connectivity index (χ4v) is 3.68. The molecule has 4 rings (SSSR count). The Morgan fingerprint density at radius 2 is 1.70 bits per heavy atom. The maximum atomic E-state index is 4.65. The van der Waals surface area contributed by atoms with Crippen LogP contribution < -0.4 is 4.90 Å². The molecule has 0 amide bonds. The first kappa shape index (κ1) is 17.7. The molecule has 0 atom stereocenters. The van der Waals surface area contributed by atoms with E-state index in [4.69, 9.17) is 0 Å². The first-order chi connectivity index (χ1) is 13.3. The summed E-state index contributed by atoms with van der Waals surface area (Å²) in [5, 5.41) is 4.47. The van der Waals surface area contributed by atoms with Gasteiger partial charge in [-0.3, -0.25) is 14.6 Å². The number of nitrogens with zero attached hydrogens (tertiary/aromatic N) is 6. The van der Waals surface area contributed by atoms with Crippen molar-refractivity contribution in [3.8, 4) is 11.3 Å². The SMILES string of the molecule is CCn1ncc(CN2CCN(c3nccnc3-c3ccccc3)CC2)c1C. The quantitative estimate of drug-likeness (QED) is 0.698. The molecule has 6 nitrogen and oxygen atoms in total. The summed E-state index contributed by atoms with van der Waals surface area (Å²) < 4.78 is 2.07. The molecule has 0 N–H and O–H groups in total. The van der Waals surface area contributed by atoms with Crippen molar-refractivity contribution in [2.24, 2.45) is 0 Å². The molecule has 1 aliphatic rings. The Labute approximate surface area is 160 Å². The van der Waals surface area contributed by atoms with Crippen LogP contribution in [0.1, 0.15) is 18.2 Å². The molecule has 1 aliphatic heterocycles. The smallest absolute Gasteiger partial charge is 0.155 e. The zero-order valence-electron chi connectivity index (χ0n) is 16.0. The second-order valence-corrected chi connectivity index (χ2v) is 6.93.